The number of benzene rings is 1. The van der Waals surface area contributed by atoms with E-state index in [1.807, 2.05) is 32.0 Å². The molecule has 1 aliphatic heterocycles. The molecule has 28 heavy (non-hydrogen) atoms. The summed E-state index contributed by atoms with van der Waals surface area (Å²) in [6, 6.07) is 6.00. The van der Waals surface area contributed by atoms with Crippen molar-refractivity contribution in [2.75, 3.05) is 12.3 Å². The Kier molecular flexibility index (Phi) is 4.54. The van der Waals surface area contributed by atoms with E-state index in [1.165, 1.54) is 12.7 Å². The molecule has 4 rings (SSSR count). The number of nitrogens with zero attached hydrogens (tertiary/aromatic N) is 4. The molecule has 1 fully saturated rings. The second-order valence-corrected chi connectivity index (χ2v) is 7.27. The van der Waals surface area contributed by atoms with Crippen molar-refractivity contribution in [2.45, 2.75) is 44.3 Å². The molecule has 1 aromatic carbocycles. The van der Waals surface area contributed by atoms with Gasteiger partial charge in [0, 0.05) is 6.42 Å². The van der Waals surface area contributed by atoms with Crippen LogP contribution in [0.5, 0.6) is 0 Å². The quantitative estimate of drug-likeness (QED) is 0.493. The Labute approximate surface area is 161 Å². The number of aliphatic hydroxyl groups is 3. The molecule has 1 saturated heterocycles. The van der Waals surface area contributed by atoms with Gasteiger partial charge in [0.2, 0.25) is 0 Å². The SMILES string of the molecule is Cc1ccc(C)c(C[C@@]2(n3cnc4c(N)ncnc43)O[C@H](CO)[C@@H](O)[C@H]2O)c1. The van der Waals surface area contributed by atoms with E-state index in [4.69, 9.17) is 10.5 Å². The third-order valence-electron chi connectivity index (χ3n) is 5.42. The van der Waals surface area contributed by atoms with Gasteiger partial charge in [-0.25, -0.2) is 15.0 Å². The fraction of sp³-hybridized carbons (Fsp3) is 0.421. The van der Waals surface area contributed by atoms with Gasteiger partial charge in [-0.1, -0.05) is 23.8 Å². The molecule has 2 aromatic heterocycles. The highest BCUT2D eigenvalue weighted by molar-refractivity contribution is 5.81. The highest BCUT2D eigenvalue weighted by Gasteiger charge is 2.56. The van der Waals surface area contributed by atoms with Crippen LogP contribution in [0.4, 0.5) is 5.82 Å². The molecule has 3 aromatic rings. The summed E-state index contributed by atoms with van der Waals surface area (Å²) in [7, 11) is 0. The average Bonchev–Trinajstić information content (AvgIpc) is 3.21. The molecule has 1 aliphatic rings. The minimum absolute atomic E-state index is 0.206. The number of fused-ring (bicyclic) bond motifs is 1. The third-order valence-corrected chi connectivity index (χ3v) is 5.42. The largest absolute Gasteiger partial charge is 0.394 e. The number of nitrogens with two attached hydrogens (primary N) is 1. The summed E-state index contributed by atoms with van der Waals surface area (Å²) < 4.78 is 7.66. The van der Waals surface area contributed by atoms with Crippen LogP contribution in [0.1, 0.15) is 16.7 Å². The van der Waals surface area contributed by atoms with Gasteiger partial charge >= 0.3 is 0 Å². The van der Waals surface area contributed by atoms with Gasteiger partial charge in [0.15, 0.2) is 17.2 Å². The van der Waals surface area contributed by atoms with Crippen molar-refractivity contribution in [3.8, 4) is 0 Å². The van der Waals surface area contributed by atoms with Gasteiger partial charge in [0.1, 0.15) is 30.2 Å². The first-order valence-electron chi connectivity index (χ1n) is 9.02. The minimum Gasteiger partial charge on any atom is -0.394 e. The molecule has 4 atom stereocenters. The van der Waals surface area contributed by atoms with Crippen molar-refractivity contribution < 1.29 is 20.1 Å². The highest BCUT2D eigenvalue weighted by Crippen LogP contribution is 2.40. The van der Waals surface area contributed by atoms with Crippen molar-refractivity contribution in [1.29, 1.82) is 0 Å². The lowest BCUT2D eigenvalue weighted by Gasteiger charge is -2.34. The zero-order valence-corrected chi connectivity index (χ0v) is 15.6. The highest BCUT2D eigenvalue weighted by atomic mass is 16.6. The molecular formula is C19H23N5O4. The first-order chi connectivity index (χ1) is 13.4. The van der Waals surface area contributed by atoms with Crippen LogP contribution in [0.25, 0.3) is 11.2 Å². The van der Waals surface area contributed by atoms with Gasteiger partial charge in [0.25, 0.3) is 0 Å². The first-order valence-corrected chi connectivity index (χ1v) is 9.02. The van der Waals surface area contributed by atoms with Crippen LogP contribution in [-0.4, -0.2) is 59.8 Å². The molecule has 0 unspecified atom stereocenters. The lowest BCUT2D eigenvalue weighted by molar-refractivity contribution is -0.145. The molecule has 0 amide bonds. The van der Waals surface area contributed by atoms with Crippen LogP contribution in [0.15, 0.2) is 30.9 Å². The van der Waals surface area contributed by atoms with E-state index in [9.17, 15) is 15.3 Å². The summed E-state index contributed by atoms with van der Waals surface area (Å²) in [5.74, 6) is 0.206. The molecule has 0 bridgehead atoms. The second kappa shape index (κ2) is 6.78. The normalized spacial score (nSPS) is 27.5. The summed E-state index contributed by atoms with van der Waals surface area (Å²) >= 11 is 0. The van der Waals surface area contributed by atoms with Gasteiger partial charge in [-0.3, -0.25) is 4.57 Å². The fourth-order valence-electron chi connectivity index (χ4n) is 3.84. The van der Waals surface area contributed by atoms with E-state index >= 15 is 0 Å². The van der Waals surface area contributed by atoms with E-state index in [0.717, 1.165) is 16.7 Å². The number of aromatic nitrogens is 4. The van der Waals surface area contributed by atoms with Crippen LogP contribution in [0.3, 0.4) is 0 Å². The van der Waals surface area contributed by atoms with E-state index in [1.54, 1.807) is 4.57 Å². The molecular weight excluding hydrogens is 362 g/mol. The van der Waals surface area contributed by atoms with Gasteiger partial charge in [0.05, 0.1) is 12.9 Å². The average molecular weight is 385 g/mol. The van der Waals surface area contributed by atoms with Crippen LogP contribution < -0.4 is 5.73 Å². The Morgan fingerprint density at radius 1 is 1.21 bits per heavy atom. The van der Waals surface area contributed by atoms with Crippen molar-refractivity contribution >= 4 is 17.0 Å². The van der Waals surface area contributed by atoms with Crippen LogP contribution in [0, 0.1) is 13.8 Å². The molecule has 0 spiro atoms. The number of aliphatic hydroxyl groups excluding tert-OH is 3. The zero-order chi connectivity index (χ0) is 20.1. The van der Waals surface area contributed by atoms with E-state index in [0.29, 0.717) is 11.2 Å². The van der Waals surface area contributed by atoms with Gasteiger partial charge in [-0.15, -0.1) is 0 Å². The van der Waals surface area contributed by atoms with Crippen molar-refractivity contribution in [3.63, 3.8) is 0 Å². The molecule has 9 nitrogen and oxygen atoms in total. The van der Waals surface area contributed by atoms with Crippen molar-refractivity contribution in [1.82, 2.24) is 19.5 Å². The maximum absolute atomic E-state index is 11.0. The predicted molar refractivity (Wildman–Crippen MR) is 101 cm³/mol. The Morgan fingerprint density at radius 2 is 2.00 bits per heavy atom. The maximum Gasteiger partial charge on any atom is 0.180 e. The smallest absolute Gasteiger partial charge is 0.180 e. The van der Waals surface area contributed by atoms with E-state index in [2.05, 4.69) is 15.0 Å². The van der Waals surface area contributed by atoms with Crippen LogP contribution in [-0.2, 0) is 16.9 Å². The number of aryl methyl sites for hydroxylation is 2. The lowest BCUT2D eigenvalue weighted by atomic mass is 9.92. The summed E-state index contributed by atoms with van der Waals surface area (Å²) in [6.45, 7) is 3.51. The lowest BCUT2D eigenvalue weighted by Crippen LogP contribution is -2.47. The fourth-order valence-corrected chi connectivity index (χ4v) is 3.84. The number of nitrogen functional groups attached to an aromatic ring is 1. The first kappa shape index (κ1) is 18.8. The molecule has 3 heterocycles. The third kappa shape index (κ3) is 2.75. The van der Waals surface area contributed by atoms with Gasteiger partial charge in [-0.2, -0.15) is 0 Å². The molecule has 0 radical (unpaired) electrons. The Morgan fingerprint density at radius 3 is 2.71 bits per heavy atom. The van der Waals surface area contributed by atoms with Crippen LogP contribution in [0.2, 0.25) is 0 Å². The molecule has 9 heteroatoms. The summed E-state index contributed by atoms with van der Waals surface area (Å²) in [5, 5.41) is 31.2. The Balaban J connectivity index is 1.92. The predicted octanol–water partition coefficient (Wildman–Crippen LogP) is 0.0337. The topological polar surface area (TPSA) is 140 Å². The Bertz CT molecular complexity index is 1020. The molecule has 0 aliphatic carbocycles. The van der Waals surface area contributed by atoms with Gasteiger partial charge < -0.3 is 25.8 Å². The summed E-state index contributed by atoms with van der Waals surface area (Å²) in [4.78, 5) is 12.5. The summed E-state index contributed by atoms with van der Waals surface area (Å²) in [5.41, 5.74) is 8.25. The number of hydrogen-bond donors (Lipinski definition) is 4. The van der Waals surface area contributed by atoms with Crippen molar-refractivity contribution in [3.05, 3.63) is 47.5 Å². The minimum atomic E-state index is -1.42. The van der Waals surface area contributed by atoms with Crippen LogP contribution >= 0.6 is 0 Å². The zero-order valence-electron chi connectivity index (χ0n) is 15.6. The summed E-state index contributed by atoms with van der Waals surface area (Å²) in [6.07, 6.45) is -0.522. The maximum atomic E-state index is 11.0. The molecule has 5 N–H and O–H groups in total. The van der Waals surface area contributed by atoms with Crippen molar-refractivity contribution in [2.24, 2.45) is 0 Å². The monoisotopic (exact) mass is 385 g/mol. The number of hydrogen-bond acceptors (Lipinski definition) is 8. The molecule has 0 saturated carbocycles. The van der Waals surface area contributed by atoms with E-state index in [-0.39, 0.29) is 12.2 Å². The number of anilines is 1. The second-order valence-electron chi connectivity index (χ2n) is 7.27. The number of imidazole rings is 1. The van der Waals surface area contributed by atoms with Gasteiger partial charge in [-0.05, 0) is 25.0 Å². The van der Waals surface area contributed by atoms with E-state index < -0.39 is 30.6 Å². The number of ether oxygens (including phenoxy) is 1. The standard InChI is InChI=1S/C19H23N5O4/c1-10-3-4-11(2)12(5-10)6-19(16(27)15(26)13(7-25)28-19)24-9-23-14-17(20)21-8-22-18(14)24/h3-5,8-9,13,15-16,25-27H,6-7H2,1-2H3,(H2,20,21,22)/t13-,15-,16-,19-/m1/s1. The number of rotatable bonds is 4. The molecule has 148 valence electrons. The Hall–Kier alpha value is -2.59.